The summed E-state index contributed by atoms with van der Waals surface area (Å²) in [7, 11) is 0. The first-order chi connectivity index (χ1) is 6.43. The molecular weight excluding hydrogens is 180 g/mol. The summed E-state index contributed by atoms with van der Waals surface area (Å²) in [6.45, 7) is 2.23. The monoisotopic (exact) mass is 196 g/mol. The van der Waals surface area contributed by atoms with E-state index in [1.807, 2.05) is 6.20 Å². The van der Waals surface area contributed by atoms with E-state index in [9.17, 15) is 0 Å². The molecule has 1 aromatic rings. The van der Waals surface area contributed by atoms with Gasteiger partial charge in [-0.3, -0.25) is 4.98 Å². The van der Waals surface area contributed by atoms with Gasteiger partial charge in [-0.15, -0.1) is 11.8 Å². The summed E-state index contributed by atoms with van der Waals surface area (Å²) in [6, 6.07) is 0. The van der Waals surface area contributed by atoms with Crippen LogP contribution in [0.5, 0.6) is 0 Å². The lowest BCUT2D eigenvalue weighted by Gasteiger charge is -1.98. The van der Waals surface area contributed by atoms with Gasteiger partial charge >= 0.3 is 0 Å². The van der Waals surface area contributed by atoms with Crippen LogP contribution in [0.1, 0.15) is 32.6 Å². The second-order valence-corrected chi connectivity index (χ2v) is 4.07. The maximum Gasteiger partial charge on any atom is 0.114 e. The van der Waals surface area contributed by atoms with Crippen molar-refractivity contribution in [2.75, 3.05) is 5.75 Å². The lowest BCUT2D eigenvalue weighted by molar-refractivity contribution is 0.706. The number of unbranched alkanes of at least 4 members (excludes halogenated alkanes) is 3. The topological polar surface area (TPSA) is 25.8 Å². The van der Waals surface area contributed by atoms with Gasteiger partial charge in [0.2, 0.25) is 0 Å². The van der Waals surface area contributed by atoms with E-state index in [4.69, 9.17) is 0 Å². The molecule has 0 radical (unpaired) electrons. The molecule has 0 bridgehead atoms. The smallest absolute Gasteiger partial charge is 0.114 e. The SMILES string of the molecule is CCCCCCSc1cnccn1. The van der Waals surface area contributed by atoms with Crippen molar-refractivity contribution in [3.63, 3.8) is 0 Å². The summed E-state index contributed by atoms with van der Waals surface area (Å²) in [5.74, 6) is 1.17. The van der Waals surface area contributed by atoms with Crippen LogP contribution >= 0.6 is 11.8 Å². The van der Waals surface area contributed by atoms with Crippen molar-refractivity contribution in [1.82, 2.24) is 9.97 Å². The Bertz CT molecular complexity index is 213. The predicted octanol–water partition coefficient (Wildman–Crippen LogP) is 3.15. The molecule has 0 N–H and O–H groups in total. The van der Waals surface area contributed by atoms with Crippen molar-refractivity contribution in [1.29, 1.82) is 0 Å². The van der Waals surface area contributed by atoms with Crippen LogP contribution in [-0.4, -0.2) is 15.7 Å². The standard InChI is InChI=1S/C10H16N2S/c1-2-3-4-5-8-13-10-9-11-6-7-12-10/h6-7,9H,2-5,8H2,1H3. The minimum atomic E-state index is 1.04. The van der Waals surface area contributed by atoms with Crippen LogP contribution in [0, 0.1) is 0 Å². The molecule has 0 fully saturated rings. The van der Waals surface area contributed by atoms with Crippen LogP contribution in [0.15, 0.2) is 23.6 Å². The molecule has 1 aromatic heterocycles. The highest BCUT2D eigenvalue weighted by atomic mass is 32.2. The van der Waals surface area contributed by atoms with Gasteiger partial charge in [0, 0.05) is 12.4 Å². The number of hydrogen-bond donors (Lipinski definition) is 0. The first kappa shape index (κ1) is 10.5. The Kier molecular flexibility index (Phi) is 5.57. The van der Waals surface area contributed by atoms with E-state index in [0.29, 0.717) is 0 Å². The molecule has 1 rings (SSSR count). The molecule has 0 unspecified atom stereocenters. The number of nitrogens with zero attached hydrogens (tertiary/aromatic N) is 2. The Morgan fingerprint density at radius 3 is 2.85 bits per heavy atom. The summed E-state index contributed by atoms with van der Waals surface area (Å²) < 4.78 is 0. The van der Waals surface area contributed by atoms with E-state index < -0.39 is 0 Å². The second-order valence-electron chi connectivity index (χ2n) is 2.95. The maximum atomic E-state index is 4.20. The Balaban J connectivity index is 2.07. The molecule has 0 amide bonds. The van der Waals surface area contributed by atoms with Crippen molar-refractivity contribution in [3.8, 4) is 0 Å². The minimum absolute atomic E-state index is 1.04. The number of aromatic nitrogens is 2. The summed E-state index contributed by atoms with van der Waals surface area (Å²) in [5, 5.41) is 1.04. The van der Waals surface area contributed by atoms with Crippen molar-refractivity contribution in [2.24, 2.45) is 0 Å². The molecule has 0 atom stereocenters. The lowest BCUT2D eigenvalue weighted by atomic mass is 10.2. The van der Waals surface area contributed by atoms with Gasteiger partial charge < -0.3 is 0 Å². The summed E-state index contributed by atoms with van der Waals surface area (Å²) in [5.41, 5.74) is 0. The number of hydrogen-bond acceptors (Lipinski definition) is 3. The van der Waals surface area contributed by atoms with Gasteiger partial charge in [-0.25, -0.2) is 4.98 Å². The third kappa shape index (κ3) is 4.88. The highest BCUT2D eigenvalue weighted by Crippen LogP contribution is 2.15. The molecule has 0 spiro atoms. The van der Waals surface area contributed by atoms with Crippen molar-refractivity contribution >= 4 is 11.8 Å². The zero-order valence-corrected chi connectivity index (χ0v) is 8.89. The normalized spacial score (nSPS) is 10.2. The van der Waals surface area contributed by atoms with E-state index in [-0.39, 0.29) is 0 Å². The van der Waals surface area contributed by atoms with Crippen LogP contribution in [0.2, 0.25) is 0 Å². The van der Waals surface area contributed by atoms with Gasteiger partial charge in [-0.2, -0.15) is 0 Å². The van der Waals surface area contributed by atoms with E-state index >= 15 is 0 Å². The molecule has 72 valence electrons. The Labute approximate surface area is 84.2 Å². The average Bonchev–Trinajstić information content (AvgIpc) is 2.19. The summed E-state index contributed by atoms with van der Waals surface area (Å²) >= 11 is 1.80. The van der Waals surface area contributed by atoms with Crippen LogP contribution in [-0.2, 0) is 0 Å². The summed E-state index contributed by atoms with van der Waals surface area (Å²) in [4.78, 5) is 8.21. The van der Waals surface area contributed by atoms with Crippen LogP contribution < -0.4 is 0 Å². The van der Waals surface area contributed by atoms with Gasteiger partial charge in [0.25, 0.3) is 0 Å². The Morgan fingerprint density at radius 1 is 1.23 bits per heavy atom. The number of thioether (sulfide) groups is 1. The van der Waals surface area contributed by atoms with Gasteiger partial charge in [0.05, 0.1) is 6.20 Å². The molecule has 1 heterocycles. The third-order valence-corrected chi connectivity index (χ3v) is 2.79. The van der Waals surface area contributed by atoms with Gasteiger partial charge in [-0.05, 0) is 12.2 Å². The Hall–Kier alpha value is -0.570. The third-order valence-electron chi connectivity index (χ3n) is 1.79. The first-order valence-electron chi connectivity index (χ1n) is 4.82. The first-order valence-corrected chi connectivity index (χ1v) is 5.81. The van der Waals surface area contributed by atoms with Crippen LogP contribution in [0.3, 0.4) is 0 Å². The quantitative estimate of drug-likeness (QED) is 0.516. The maximum absolute atomic E-state index is 4.20. The van der Waals surface area contributed by atoms with Gasteiger partial charge in [0.1, 0.15) is 5.03 Å². The van der Waals surface area contributed by atoms with Gasteiger partial charge in [0.15, 0.2) is 0 Å². The fraction of sp³-hybridized carbons (Fsp3) is 0.600. The van der Waals surface area contributed by atoms with Crippen LogP contribution in [0.4, 0.5) is 0 Å². The molecule has 0 saturated heterocycles. The van der Waals surface area contributed by atoms with Gasteiger partial charge in [-0.1, -0.05) is 26.2 Å². The summed E-state index contributed by atoms with van der Waals surface area (Å²) in [6.07, 6.45) is 10.6. The van der Waals surface area contributed by atoms with E-state index in [1.54, 1.807) is 24.2 Å². The van der Waals surface area contributed by atoms with Crippen molar-refractivity contribution in [3.05, 3.63) is 18.6 Å². The molecule has 3 heteroatoms. The molecule has 0 saturated carbocycles. The fourth-order valence-electron chi connectivity index (χ4n) is 1.07. The molecule has 2 nitrogen and oxygen atoms in total. The average molecular weight is 196 g/mol. The molecular formula is C10H16N2S. The fourth-order valence-corrected chi connectivity index (χ4v) is 1.89. The minimum Gasteiger partial charge on any atom is -0.260 e. The lowest BCUT2D eigenvalue weighted by Crippen LogP contribution is -1.84. The molecule has 0 aliphatic carbocycles. The van der Waals surface area contributed by atoms with E-state index in [1.165, 1.54) is 31.4 Å². The van der Waals surface area contributed by atoms with Crippen molar-refractivity contribution < 1.29 is 0 Å². The molecule has 0 aliphatic rings. The van der Waals surface area contributed by atoms with E-state index in [2.05, 4.69) is 16.9 Å². The van der Waals surface area contributed by atoms with Crippen LogP contribution in [0.25, 0.3) is 0 Å². The zero-order valence-electron chi connectivity index (χ0n) is 8.07. The predicted molar refractivity (Wildman–Crippen MR) is 56.9 cm³/mol. The highest BCUT2D eigenvalue weighted by Gasteiger charge is 1.93. The largest absolute Gasteiger partial charge is 0.260 e. The van der Waals surface area contributed by atoms with Crippen molar-refractivity contribution in [2.45, 2.75) is 37.6 Å². The molecule has 0 aromatic carbocycles. The number of rotatable bonds is 6. The molecule has 0 aliphatic heterocycles. The Morgan fingerprint density at radius 2 is 2.15 bits per heavy atom. The second kappa shape index (κ2) is 6.89. The van der Waals surface area contributed by atoms with E-state index in [0.717, 1.165) is 5.03 Å². The molecule has 13 heavy (non-hydrogen) atoms. The highest BCUT2D eigenvalue weighted by molar-refractivity contribution is 7.99. The zero-order chi connectivity index (χ0) is 9.36.